The van der Waals surface area contributed by atoms with Crippen LogP contribution >= 0.6 is 22.6 Å². The number of carbonyl (C=O) groups excluding carboxylic acids is 2. The molecule has 0 atom stereocenters. The summed E-state index contributed by atoms with van der Waals surface area (Å²) < 4.78 is 25.4. The van der Waals surface area contributed by atoms with Crippen LogP contribution < -0.4 is 14.8 Å². The first kappa shape index (κ1) is 22.8. The van der Waals surface area contributed by atoms with Gasteiger partial charge in [-0.25, -0.2) is 9.18 Å². The molecule has 1 aliphatic heterocycles. The number of rotatable bonds is 7. The molecule has 33 heavy (non-hydrogen) atoms. The standard InChI is InChI=1S/C25H20FIN2O4/c1-32-22-13-18(11-20(27)23(22)33-15-17-5-3-2-4-6-17)12-21-24(30)29(25(31)28-21)14-16-7-9-19(26)10-8-16/h2-13H,14-15H2,1H3,(H,28,31)/b21-12+. The number of hydrogen-bond donors (Lipinski definition) is 1. The molecule has 6 nitrogen and oxygen atoms in total. The Bertz CT molecular complexity index is 1210. The second-order valence-electron chi connectivity index (χ2n) is 7.31. The fraction of sp³-hybridized carbons (Fsp3) is 0.120. The third-order valence-corrected chi connectivity index (χ3v) is 5.81. The lowest BCUT2D eigenvalue weighted by Gasteiger charge is -2.14. The maximum absolute atomic E-state index is 13.1. The second-order valence-corrected chi connectivity index (χ2v) is 8.48. The third-order valence-electron chi connectivity index (χ3n) is 5.01. The Kier molecular flexibility index (Phi) is 6.93. The molecule has 168 valence electrons. The van der Waals surface area contributed by atoms with Crippen LogP contribution in [0, 0.1) is 9.39 Å². The maximum atomic E-state index is 13.1. The minimum atomic E-state index is -0.528. The molecule has 1 saturated heterocycles. The van der Waals surface area contributed by atoms with Gasteiger partial charge in [0.25, 0.3) is 5.91 Å². The van der Waals surface area contributed by atoms with Crippen LogP contribution in [0.4, 0.5) is 9.18 Å². The number of urea groups is 1. The van der Waals surface area contributed by atoms with Crippen LogP contribution in [0.3, 0.4) is 0 Å². The first-order chi connectivity index (χ1) is 15.9. The number of nitrogens with zero attached hydrogens (tertiary/aromatic N) is 1. The SMILES string of the molecule is COc1cc(/C=C2/NC(=O)N(Cc3ccc(F)cc3)C2=O)cc(I)c1OCc1ccccc1. The van der Waals surface area contributed by atoms with Gasteiger partial charge in [0, 0.05) is 0 Å². The van der Waals surface area contributed by atoms with Gasteiger partial charge in [0.05, 0.1) is 17.2 Å². The molecule has 0 aliphatic carbocycles. The fourth-order valence-electron chi connectivity index (χ4n) is 3.35. The van der Waals surface area contributed by atoms with Crippen LogP contribution in [-0.2, 0) is 17.9 Å². The first-order valence-corrected chi connectivity index (χ1v) is 11.2. The molecule has 3 amide bonds. The number of carbonyl (C=O) groups is 2. The van der Waals surface area contributed by atoms with E-state index in [2.05, 4.69) is 27.9 Å². The summed E-state index contributed by atoms with van der Waals surface area (Å²) in [5.41, 5.74) is 2.51. The van der Waals surface area contributed by atoms with Crippen molar-refractivity contribution in [1.82, 2.24) is 10.2 Å². The van der Waals surface area contributed by atoms with Crippen molar-refractivity contribution in [3.63, 3.8) is 0 Å². The zero-order valence-corrected chi connectivity index (χ0v) is 19.8. The second kappa shape index (κ2) is 10.0. The van der Waals surface area contributed by atoms with Gasteiger partial charge in [0.15, 0.2) is 11.5 Å². The molecule has 1 aliphatic rings. The highest BCUT2D eigenvalue weighted by atomic mass is 127. The third kappa shape index (κ3) is 5.33. The van der Waals surface area contributed by atoms with Gasteiger partial charge < -0.3 is 14.8 Å². The molecular formula is C25H20FIN2O4. The Morgan fingerprint density at radius 1 is 1.03 bits per heavy atom. The van der Waals surface area contributed by atoms with Gasteiger partial charge in [-0.1, -0.05) is 42.5 Å². The Labute approximate surface area is 204 Å². The van der Waals surface area contributed by atoms with E-state index in [9.17, 15) is 14.0 Å². The number of hydrogen-bond acceptors (Lipinski definition) is 4. The summed E-state index contributed by atoms with van der Waals surface area (Å²) >= 11 is 2.15. The summed E-state index contributed by atoms with van der Waals surface area (Å²) in [6.07, 6.45) is 1.59. The number of amides is 3. The van der Waals surface area contributed by atoms with Gasteiger partial charge in [-0.15, -0.1) is 0 Å². The van der Waals surface area contributed by atoms with Crippen molar-refractivity contribution in [2.24, 2.45) is 0 Å². The molecule has 0 bridgehead atoms. The number of methoxy groups -OCH3 is 1. The monoisotopic (exact) mass is 558 g/mol. The molecule has 4 rings (SSSR count). The highest BCUT2D eigenvalue weighted by Gasteiger charge is 2.33. The summed E-state index contributed by atoms with van der Waals surface area (Å²) in [6.45, 7) is 0.440. The Hall–Kier alpha value is -3.40. The van der Waals surface area contributed by atoms with E-state index in [1.165, 1.54) is 12.1 Å². The minimum absolute atomic E-state index is 0.0510. The Balaban J connectivity index is 1.53. The Morgan fingerprint density at radius 2 is 1.76 bits per heavy atom. The average Bonchev–Trinajstić information content (AvgIpc) is 3.07. The molecule has 8 heteroatoms. The molecule has 1 heterocycles. The van der Waals surface area contributed by atoms with Crippen LogP contribution in [-0.4, -0.2) is 23.9 Å². The van der Waals surface area contributed by atoms with Crippen molar-refractivity contribution in [2.75, 3.05) is 7.11 Å². The van der Waals surface area contributed by atoms with E-state index < -0.39 is 11.9 Å². The predicted molar refractivity (Wildman–Crippen MR) is 130 cm³/mol. The van der Waals surface area contributed by atoms with Crippen molar-refractivity contribution in [3.8, 4) is 11.5 Å². The van der Waals surface area contributed by atoms with Crippen molar-refractivity contribution in [1.29, 1.82) is 0 Å². The largest absolute Gasteiger partial charge is 0.493 e. The van der Waals surface area contributed by atoms with Gasteiger partial charge in [0.1, 0.15) is 18.1 Å². The maximum Gasteiger partial charge on any atom is 0.329 e. The molecule has 3 aromatic rings. The lowest BCUT2D eigenvalue weighted by atomic mass is 10.1. The van der Waals surface area contributed by atoms with E-state index in [4.69, 9.17) is 9.47 Å². The zero-order chi connectivity index (χ0) is 23.4. The van der Waals surface area contributed by atoms with E-state index in [0.29, 0.717) is 29.2 Å². The summed E-state index contributed by atoms with van der Waals surface area (Å²) in [5, 5.41) is 2.60. The minimum Gasteiger partial charge on any atom is -0.493 e. The van der Waals surface area contributed by atoms with Crippen LogP contribution in [0.25, 0.3) is 6.08 Å². The van der Waals surface area contributed by atoms with Crippen molar-refractivity contribution < 1.29 is 23.5 Å². The number of imide groups is 1. The summed E-state index contributed by atoms with van der Waals surface area (Å²) in [7, 11) is 1.55. The molecular weight excluding hydrogens is 538 g/mol. The van der Waals surface area contributed by atoms with E-state index >= 15 is 0 Å². The molecule has 0 spiro atoms. The van der Waals surface area contributed by atoms with Gasteiger partial charge in [-0.3, -0.25) is 9.69 Å². The number of benzene rings is 3. The number of nitrogens with one attached hydrogen (secondary N) is 1. The van der Waals surface area contributed by atoms with E-state index in [0.717, 1.165) is 14.0 Å². The highest BCUT2D eigenvalue weighted by molar-refractivity contribution is 14.1. The summed E-state index contributed by atoms with van der Waals surface area (Å²) in [5.74, 6) is 0.285. The lowest BCUT2D eigenvalue weighted by molar-refractivity contribution is -0.123. The number of ether oxygens (including phenoxy) is 2. The van der Waals surface area contributed by atoms with Crippen molar-refractivity contribution >= 4 is 40.6 Å². The molecule has 3 aromatic carbocycles. The summed E-state index contributed by atoms with van der Waals surface area (Å²) in [6, 6.07) is 18.5. The van der Waals surface area contributed by atoms with Crippen LogP contribution in [0.2, 0.25) is 0 Å². The smallest absolute Gasteiger partial charge is 0.329 e. The molecule has 0 unspecified atom stereocenters. The predicted octanol–water partition coefficient (Wildman–Crippen LogP) is 5.11. The van der Waals surface area contributed by atoms with E-state index in [1.807, 2.05) is 36.4 Å². The van der Waals surface area contributed by atoms with Gasteiger partial charge in [-0.2, -0.15) is 0 Å². The van der Waals surface area contributed by atoms with E-state index in [1.54, 1.807) is 31.4 Å². The zero-order valence-electron chi connectivity index (χ0n) is 17.7. The number of halogens is 2. The van der Waals surface area contributed by atoms with Crippen LogP contribution in [0.5, 0.6) is 11.5 Å². The van der Waals surface area contributed by atoms with E-state index in [-0.39, 0.29) is 18.1 Å². The Morgan fingerprint density at radius 3 is 2.45 bits per heavy atom. The fourth-order valence-corrected chi connectivity index (χ4v) is 4.13. The van der Waals surface area contributed by atoms with Crippen molar-refractivity contribution in [3.05, 3.63) is 98.5 Å². The molecule has 0 aromatic heterocycles. The van der Waals surface area contributed by atoms with Gasteiger partial charge >= 0.3 is 6.03 Å². The van der Waals surface area contributed by atoms with Crippen LogP contribution in [0.15, 0.2) is 72.4 Å². The van der Waals surface area contributed by atoms with Crippen LogP contribution in [0.1, 0.15) is 16.7 Å². The van der Waals surface area contributed by atoms with Crippen molar-refractivity contribution in [2.45, 2.75) is 13.2 Å². The molecule has 1 fully saturated rings. The molecule has 0 radical (unpaired) electrons. The quantitative estimate of drug-likeness (QED) is 0.249. The summed E-state index contributed by atoms with van der Waals surface area (Å²) in [4.78, 5) is 26.2. The molecule has 1 N–H and O–H groups in total. The first-order valence-electron chi connectivity index (χ1n) is 10.1. The topological polar surface area (TPSA) is 67.9 Å². The molecule has 0 saturated carbocycles. The normalized spacial score (nSPS) is 14.5. The lowest BCUT2D eigenvalue weighted by Crippen LogP contribution is -2.30. The highest BCUT2D eigenvalue weighted by Crippen LogP contribution is 2.35. The van der Waals surface area contributed by atoms with Gasteiger partial charge in [0.2, 0.25) is 0 Å². The average molecular weight is 558 g/mol. The van der Waals surface area contributed by atoms with Gasteiger partial charge in [-0.05, 0) is 69.6 Å².